The van der Waals surface area contributed by atoms with Crippen molar-refractivity contribution in [2.45, 2.75) is 31.2 Å². The minimum absolute atomic E-state index is 0. The van der Waals surface area contributed by atoms with Gasteiger partial charge < -0.3 is 14.9 Å². The fraction of sp³-hybridized carbons (Fsp3) is 0.438. The van der Waals surface area contributed by atoms with E-state index >= 15 is 0 Å². The highest BCUT2D eigenvalue weighted by molar-refractivity contribution is 7.89. The summed E-state index contributed by atoms with van der Waals surface area (Å²) in [6.45, 7) is 4.39. The van der Waals surface area contributed by atoms with E-state index in [1.165, 1.54) is 16.4 Å². The number of furan rings is 1. The molecule has 0 bridgehead atoms. The van der Waals surface area contributed by atoms with Gasteiger partial charge in [0.05, 0.1) is 11.5 Å². The summed E-state index contributed by atoms with van der Waals surface area (Å²) < 4.78 is 37.3. The third kappa shape index (κ3) is 3.52. The lowest BCUT2D eigenvalue weighted by Crippen LogP contribution is -2.31. The molecule has 0 unspecified atom stereocenters. The second-order valence-electron chi connectivity index (χ2n) is 5.85. The molecule has 1 aliphatic rings. The van der Waals surface area contributed by atoms with Crippen LogP contribution in [0.5, 0.6) is 0 Å². The average Bonchev–Trinajstić information content (AvgIpc) is 3.12. The van der Waals surface area contributed by atoms with E-state index in [1.54, 1.807) is 19.9 Å². The molecule has 2 aromatic rings. The molecule has 1 fully saturated rings. The van der Waals surface area contributed by atoms with Crippen LogP contribution in [0.15, 0.2) is 27.5 Å². The zero-order chi connectivity index (χ0) is 17.5. The van der Waals surface area contributed by atoms with Crippen LogP contribution in [0.25, 0.3) is 11.0 Å². The number of carbonyl (C=O) groups is 1. The van der Waals surface area contributed by atoms with Gasteiger partial charge in [0.25, 0.3) is 0 Å². The van der Waals surface area contributed by atoms with Gasteiger partial charge in [-0.05, 0) is 38.5 Å². The molecule has 138 valence electrons. The zero-order valence-electron chi connectivity index (χ0n) is 14.0. The van der Waals surface area contributed by atoms with Gasteiger partial charge in [-0.1, -0.05) is 0 Å². The number of aryl methyl sites for hydroxylation is 1. The Morgan fingerprint density at radius 1 is 1.44 bits per heavy atom. The van der Waals surface area contributed by atoms with Crippen molar-refractivity contribution in [3.8, 4) is 0 Å². The van der Waals surface area contributed by atoms with Crippen molar-refractivity contribution in [3.05, 3.63) is 29.5 Å². The van der Waals surface area contributed by atoms with Gasteiger partial charge in [-0.3, -0.25) is 0 Å². The third-order valence-corrected chi connectivity index (χ3v) is 6.05. The molecule has 0 amide bonds. The summed E-state index contributed by atoms with van der Waals surface area (Å²) in [6.07, 6.45) is 0.652. The number of carbonyl (C=O) groups excluding carboxylic acids is 1. The fourth-order valence-electron chi connectivity index (χ4n) is 2.87. The largest absolute Gasteiger partial charge is 0.460 e. The molecule has 25 heavy (non-hydrogen) atoms. The van der Waals surface area contributed by atoms with Crippen LogP contribution in [0.1, 0.15) is 29.5 Å². The van der Waals surface area contributed by atoms with Crippen LogP contribution in [-0.4, -0.2) is 44.4 Å². The van der Waals surface area contributed by atoms with E-state index in [0.717, 1.165) is 0 Å². The highest BCUT2D eigenvalue weighted by Crippen LogP contribution is 2.30. The van der Waals surface area contributed by atoms with Crippen LogP contribution < -0.4 is 5.73 Å². The van der Waals surface area contributed by atoms with Crippen LogP contribution in [0.2, 0.25) is 0 Å². The molecule has 0 spiro atoms. The number of halogens is 1. The predicted octanol–water partition coefficient (Wildman–Crippen LogP) is 2.06. The van der Waals surface area contributed by atoms with E-state index in [1.807, 2.05) is 0 Å². The van der Waals surface area contributed by atoms with Crippen molar-refractivity contribution in [1.82, 2.24) is 4.31 Å². The van der Waals surface area contributed by atoms with E-state index < -0.39 is 16.0 Å². The summed E-state index contributed by atoms with van der Waals surface area (Å²) in [7, 11) is -3.61. The molecule has 3 rings (SSSR count). The second-order valence-corrected chi connectivity index (χ2v) is 7.78. The first-order valence-electron chi connectivity index (χ1n) is 7.80. The van der Waals surface area contributed by atoms with Gasteiger partial charge in [-0.15, -0.1) is 12.4 Å². The molecule has 1 saturated heterocycles. The normalized spacial score (nSPS) is 18.3. The molecule has 0 saturated carbocycles. The van der Waals surface area contributed by atoms with Crippen LogP contribution in [-0.2, 0) is 14.8 Å². The lowest BCUT2D eigenvalue weighted by Gasteiger charge is -2.15. The summed E-state index contributed by atoms with van der Waals surface area (Å²) in [5.41, 5.74) is 6.83. The quantitative estimate of drug-likeness (QED) is 0.804. The third-order valence-electron chi connectivity index (χ3n) is 4.19. The highest BCUT2D eigenvalue weighted by Gasteiger charge is 2.31. The molecular formula is C16H21ClN2O5S. The van der Waals surface area contributed by atoms with E-state index in [2.05, 4.69) is 0 Å². The summed E-state index contributed by atoms with van der Waals surface area (Å²) in [5.74, 6) is -0.453. The number of fused-ring (bicyclic) bond motifs is 1. The Morgan fingerprint density at radius 3 is 2.76 bits per heavy atom. The highest BCUT2D eigenvalue weighted by atomic mass is 35.5. The smallest absolute Gasteiger partial charge is 0.374 e. The van der Waals surface area contributed by atoms with Gasteiger partial charge in [0.2, 0.25) is 15.8 Å². The Balaban J connectivity index is 0.00000225. The standard InChI is InChI=1S/C16H20N2O5S.ClH/c1-3-22-16(19)15-10(2)13-8-12(4-5-14(13)23-15)24(20,21)18-7-6-11(17)9-18;/h4-5,8,11H,3,6-7,9,17H2,1-2H3;1H/t11-;/m0./s1. The number of nitrogens with zero attached hydrogens (tertiary/aromatic N) is 1. The Bertz CT molecular complexity index is 893. The molecule has 2 N–H and O–H groups in total. The maximum atomic E-state index is 12.7. The van der Waals surface area contributed by atoms with Crippen LogP contribution in [0, 0.1) is 6.92 Å². The Kier molecular flexibility index (Phi) is 5.78. The van der Waals surface area contributed by atoms with Crippen molar-refractivity contribution in [2.75, 3.05) is 19.7 Å². The van der Waals surface area contributed by atoms with Gasteiger partial charge in [0, 0.05) is 30.1 Å². The monoisotopic (exact) mass is 388 g/mol. The maximum Gasteiger partial charge on any atom is 0.374 e. The first-order chi connectivity index (χ1) is 11.3. The Labute approximate surface area is 152 Å². The van der Waals surface area contributed by atoms with Gasteiger partial charge >= 0.3 is 5.97 Å². The molecule has 1 aromatic heterocycles. The SMILES string of the molecule is CCOC(=O)c1oc2ccc(S(=O)(=O)N3CC[C@H](N)C3)cc2c1C.Cl. The first-order valence-corrected chi connectivity index (χ1v) is 9.24. The predicted molar refractivity (Wildman–Crippen MR) is 95.5 cm³/mol. The summed E-state index contributed by atoms with van der Waals surface area (Å²) in [6, 6.07) is 4.46. The van der Waals surface area contributed by atoms with E-state index in [-0.39, 0.29) is 35.7 Å². The molecule has 1 aromatic carbocycles. The van der Waals surface area contributed by atoms with Crippen molar-refractivity contribution in [2.24, 2.45) is 5.73 Å². The number of esters is 1. The number of ether oxygens (including phenoxy) is 1. The first kappa shape index (κ1) is 19.7. The van der Waals surface area contributed by atoms with E-state index in [0.29, 0.717) is 36.0 Å². The number of benzene rings is 1. The lowest BCUT2D eigenvalue weighted by atomic mass is 10.1. The summed E-state index contributed by atoms with van der Waals surface area (Å²) in [4.78, 5) is 12.1. The average molecular weight is 389 g/mol. The number of nitrogens with two attached hydrogens (primary N) is 1. The molecule has 0 radical (unpaired) electrons. The summed E-state index contributed by atoms with van der Waals surface area (Å²) in [5, 5.41) is 0.586. The molecule has 1 aliphatic heterocycles. The van der Waals surface area contributed by atoms with Crippen LogP contribution in [0.4, 0.5) is 0 Å². The topological polar surface area (TPSA) is 103 Å². The molecule has 1 atom stereocenters. The van der Waals surface area contributed by atoms with Gasteiger partial charge in [0.15, 0.2) is 0 Å². The molecule has 0 aliphatic carbocycles. The minimum Gasteiger partial charge on any atom is -0.460 e. The molecular weight excluding hydrogens is 368 g/mol. The van der Waals surface area contributed by atoms with Crippen molar-refractivity contribution >= 4 is 39.4 Å². The fourth-order valence-corrected chi connectivity index (χ4v) is 4.41. The van der Waals surface area contributed by atoms with E-state index in [4.69, 9.17) is 14.9 Å². The van der Waals surface area contributed by atoms with Crippen molar-refractivity contribution in [1.29, 1.82) is 0 Å². The van der Waals surface area contributed by atoms with Crippen LogP contribution in [0.3, 0.4) is 0 Å². The van der Waals surface area contributed by atoms with Gasteiger partial charge in [-0.25, -0.2) is 13.2 Å². The molecule has 7 nitrogen and oxygen atoms in total. The van der Waals surface area contributed by atoms with Crippen molar-refractivity contribution < 1.29 is 22.4 Å². The van der Waals surface area contributed by atoms with Crippen LogP contribution >= 0.6 is 12.4 Å². The Morgan fingerprint density at radius 2 is 2.16 bits per heavy atom. The van der Waals surface area contributed by atoms with Gasteiger partial charge in [0.1, 0.15) is 5.58 Å². The summed E-state index contributed by atoms with van der Waals surface area (Å²) >= 11 is 0. The zero-order valence-corrected chi connectivity index (χ0v) is 15.7. The maximum absolute atomic E-state index is 12.7. The molecule has 9 heteroatoms. The minimum atomic E-state index is -3.61. The number of rotatable bonds is 4. The second kappa shape index (κ2) is 7.33. The number of hydrogen-bond donors (Lipinski definition) is 1. The lowest BCUT2D eigenvalue weighted by molar-refractivity contribution is 0.0491. The number of sulfonamides is 1. The molecule has 2 heterocycles. The number of hydrogen-bond acceptors (Lipinski definition) is 6. The van der Waals surface area contributed by atoms with Gasteiger partial charge in [-0.2, -0.15) is 4.31 Å². The Hall–Kier alpha value is -1.61. The van der Waals surface area contributed by atoms with Crippen molar-refractivity contribution in [3.63, 3.8) is 0 Å². The van der Waals surface area contributed by atoms with E-state index in [9.17, 15) is 13.2 Å².